The lowest BCUT2D eigenvalue weighted by Gasteiger charge is -2.36. The minimum atomic E-state index is 0.0144. The van der Waals surface area contributed by atoms with Gasteiger partial charge >= 0.3 is 0 Å². The molecule has 0 bridgehead atoms. The van der Waals surface area contributed by atoms with Gasteiger partial charge in [-0.25, -0.2) is 0 Å². The van der Waals surface area contributed by atoms with E-state index in [9.17, 15) is 5.11 Å². The predicted molar refractivity (Wildman–Crippen MR) is 90.3 cm³/mol. The number of aliphatic hydroxyl groups excluding tert-OH is 1. The van der Waals surface area contributed by atoms with Crippen LogP contribution in [-0.2, 0) is 0 Å². The highest BCUT2D eigenvalue weighted by Crippen LogP contribution is 2.28. The molecule has 1 aromatic carbocycles. The molecule has 1 aliphatic rings. The van der Waals surface area contributed by atoms with Gasteiger partial charge in [0.25, 0.3) is 0 Å². The van der Waals surface area contributed by atoms with Gasteiger partial charge in [-0.3, -0.25) is 4.90 Å². The monoisotopic (exact) mass is 310 g/mol. The molecule has 21 heavy (non-hydrogen) atoms. The van der Waals surface area contributed by atoms with E-state index in [1.807, 2.05) is 14.1 Å². The van der Waals surface area contributed by atoms with Gasteiger partial charge in [-0.05, 0) is 43.5 Å². The smallest absolute Gasteiger partial charge is 0.0712 e. The highest BCUT2D eigenvalue weighted by molar-refractivity contribution is 6.21. The van der Waals surface area contributed by atoms with Crippen molar-refractivity contribution in [2.24, 2.45) is 0 Å². The van der Waals surface area contributed by atoms with Crippen LogP contribution in [0.1, 0.15) is 36.6 Å². The lowest BCUT2D eigenvalue weighted by Crippen LogP contribution is -2.41. The Morgan fingerprint density at radius 2 is 2.00 bits per heavy atom. The van der Waals surface area contributed by atoms with E-state index in [1.165, 1.54) is 30.5 Å². The number of aliphatic hydroxyl groups is 1. The van der Waals surface area contributed by atoms with E-state index < -0.39 is 0 Å². The molecule has 2 unspecified atom stereocenters. The number of hydrogen-bond acceptors (Lipinski definition) is 3. The molecule has 1 N–H and O–H groups in total. The molecule has 0 spiro atoms. The lowest BCUT2D eigenvalue weighted by atomic mass is 9.98. The summed E-state index contributed by atoms with van der Waals surface area (Å²) in [5.74, 6) is 0. The molecule has 3 nitrogen and oxygen atoms in total. The van der Waals surface area contributed by atoms with Gasteiger partial charge in [-0.2, -0.15) is 0 Å². The van der Waals surface area contributed by atoms with Gasteiger partial charge in [0.2, 0.25) is 0 Å². The van der Waals surface area contributed by atoms with E-state index >= 15 is 0 Å². The minimum absolute atomic E-state index is 0.0144. The maximum atomic E-state index is 9.21. The van der Waals surface area contributed by atoms with Crippen molar-refractivity contribution < 1.29 is 5.11 Å². The van der Waals surface area contributed by atoms with Crippen molar-refractivity contribution in [1.29, 1.82) is 0 Å². The number of halogens is 1. The van der Waals surface area contributed by atoms with Crippen LogP contribution in [-0.4, -0.2) is 49.8 Å². The van der Waals surface area contributed by atoms with E-state index in [0.717, 1.165) is 19.5 Å². The standard InChI is InChI=1S/C17H27ClN2O/c1-19(2)15-8-6-14(7-9-15)17(18)13-20-11-4-3-5-16(20)10-12-21/h6-9,16-17,21H,3-5,10-13H2,1-2H3. The predicted octanol–water partition coefficient (Wildman–Crippen LogP) is 3.27. The van der Waals surface area contributed by atoms with Crippen molar-refractivity contribution >= 4 is 17.3 Å². The molecule has 1 heterocycles. The normalized spacial score (nSPS) is 21.2. The van der Waals surface area contributed by atoms with E-state index in [1.54, 1.807) is 0 Å². The number of likely N-dealkylation sites (tertiary alicyclic amines) is 1. The second kappa shape index (κ2) is 8.02. The summed E-state index contributed by atoms with van der Waals surface area (Å²) in [6, 6.07) is 8.97. The van der Waals surface area contributed by atoms with Crippen LogP contribution in [0.3, 0.4) is 0 Å². The fraction of sp³-hybridized carbons (Fsp3) is 0.647. The Kier molecular flexibility index (Phi) is 6.34. The van der Waals surface area contributed by atoms with Crippen molar-refractivity contribution in [3.8, 4) is 0 Å². The summed E-state index contributed by atoms with van der Waals surface area (Å²) in [6.45, 7) is 2.24. The van der Waals surface area contributed by atoms with Crippen molar-refractivity contribution in [3.05, 3.63) is 29.8 Å². The summed E-state index contributed by atoms with van der Waals surface area (Å²) in [4.78, 5) is 4.55. The second-order valence-corrected chi connectivity index (χ2v) is 6.64. The van der Waals surface area contributed by atoms with Gasteiger partial charge in [-0.15, -0.1) is 11.6 Å². The van der Waals surface area contributed by atoms with Crippen LogP contribution in [0, 0.1) is 0 Å². The molecule has 1 aliphatic heterocycles. The van der Waals surface area contributed by atoms with Gasteiger partial charge in [0.1, 0.15) is 0 Å². The molecule has 0 aliphatic carbocycles. The Balaban J connectivity index is 1.97. The highest BCUT2D eigenvalue weighted by Gasteiger charge is 2.24. The fourth-order valence-corrected chi connectivity index (χ4v) is 3.39. The Hall–Kier alpha value is -0.770. The quantitative estimate of drug-likeness (QED) is 0.817. The van der Waals surface area contributed by atoms with Crippen LogP contribution in [0.15, 0.2) is 24.3 Å². The first-order chi connectivity index (χ1) is 10.1. The Bertz CT molecular complexity index is 419. The molecule has 118 valence electrons. The van der Waals surface area contributed by atoms with Crippen molar-refractivity contribution in [3.63, 3.8) is 0 Å². The molecular formula is C17H27ClN2O. The fourth-order valence-electron chi connectivity index (χ4n) is 3.07. The van der Waals surface area contributed by atoms with E-state index in [-0.39, 0.29) is 12.0 Å². The summed E-state index contributed by atoms with van der Waals surface area (Å²) in [7, 11) is 4.08. The van der Waals surface area contributed by atoms with Crippen LogP contribution >= 0.6 is 11.6 Å². The van der Waals surface area contributed by atoms with E-state index in [4.69, 9.17) is 11.6 Å². The number of rotatable bonds is 6. The molecule has 4 heteroatoms. The number of benzene rings is 1. The molecule has 0 radical (unpaired) electrons. The number of hydrogen-bond donors (Lipinski definition) is 1. The van der Waals surface area contributed by atoms with Crippen LogP contribution in [0.25, 0.3) is 0 Å². The zero-order valence-corrected chi connectivity index (χ0v) is 13.9. The summed E-state index contributed by atoms with van der Waals surface area (Å²) in [6.07, 6.45) is 4.56. The van der Waals surface area contributed by atoms with Gasteiger partial charge in [0, 0.05) is 39.0 Å². The van der Waals surface area contributed by atoms with Gasteiger partial charge in [0.05, 0.1) is 5.38 Å². The summed E-state index contributed by atoms with van der Waals surface area (Å²) in [5, 5.41) is 9.22. The largest absolute Gasteiger partial charge is 0.396 e. The average molecular weight is 311 g/mol. The van der Waals surface area contributed by atoms with Gasteiger partial charge in [-0.1, -0.05) is 18.6 Å². The van der Waals surface area contributed by atoms with Crippen LogP contribution in [0.2, 0.25) is 0 Å². The molecule has 1 aromatic rings. The summed E-state index contributed by atoms with van der Waals surface area (Å²) >= 11 is 6.62. The number of piperidine rings is 1. The third kappa shape index (κ3) is 4.60. The molecule has 0 aromatic heterocycles. The highest BCUT2D eigenvalue weighted by atomic mass is 35.5. The first kappa shape index (κ1) is 16.6. The van der Waals surface area contributed by atoms with Gasteiger partial charge in [0.15, 0.2) is 0 Å². The molecule has 1 saturated heterocycles. The minimum Gasteiger partial charge on any atom is -0.396 e. The number of nitrogens with zero attached hydrogens (tertiary/aromatic N) is 2. The average Bonchev–Trinajstić information content (AvgIpc) is 2.49. The maximum absolute atomic E-state index is 9.21. The second-order valence-electron chi connectivity index (χ2n) is 6.11. The first-order valence-corrected chi connectivity index (χ1v) is 8.31. The number of alkyl halides is 1. The Labute approximate surface area is 133 Å². The van der Waals surface area contributed by atoms with Crippen LogP contribution in [0.4, 0.5) is 5.69 Å². The molecule has 2 atom stereocenters. The Morgan fingerprint density at radius 1 is 1.29 bits per heavy atom. The van der Waals surface area contributed by atoms with E-state index in [2.05, 4.69) is 34.1 Å². The van der Waals surface area contributed by atoms with Crippen molar-refractivity contribution in [2.75, 3.05) is 38.7 Å². The molecule has 0 amide bonds. The third-order valence-corrected chi connectivity index (χ3v) is 4.77. The third-order valence-electron chi connectivity index (χ3n) is 4.38. The van der Waals surface area contributed by atoms with E-state index in [0.29, 0.717) is 6.04 Å². The summed E-state index contributed by atoms with van der Waals surface area (Å²) in [5.41, 5.74) is 2.37. The lowest BCUT2D eigenvalue weighted by molar-refractivity contribution is 0.119. The zero-order valence-electron chi connectivity index (χ0n) is 13.1. The topological polar surface area (TPSA) is 26.7 Å². The SMILES string of the molecule is CN(C)c1ccc(C(Cl)CN2CCCCC2CCO)cc1. The Morgan fingerprint density at radius 3 is 2.62 bits per heavy atom. The zero-order chi connectivity index (χ0) is 15.2. The molecule has 2 rings (SSSR count). The van der Waals surface area contributed by atoms with Crippen molar-refractivity contribution in [2.45, 2.75) is 37.1 Å². The molecule has 1 fully saturated rings. The van der Waals surface area contributed by atoms with Crippen LogP contribution < -0.4 is 4.90 Å². The number of anilines is 1. The molecular weight excluding hydrogens is 284 g/mol. The maximum Gasteiger partial charge on any atom is 0.0712 e. The molecule has 0 saturated carbocycles. The van der Waals surface area contributed by atoms with Crippen molar-refractivity contribution in [1.82, 2.24) is 4.90 Å². The van der Waals surface area contributed by atoms with Gasteiger partial charge < -0.3 is 10.0 Å². The van der Waals surface area contributed by atoms with Crippen LogP contribution in [0.5, 0.6) is 0 Å². The summed E-state index contributed by atoms with van der Waals surface area (Å²) < 4.78 is 0. The first-order valence-electron chi connectivity index (χ1n) is 7.88.